The molecule has 0 atom stereocenters. The molecular formula is C15H8Br6O. The Morgan fingerprint density at radius 3 is 1.32 bits per heavy atom. The minimum Gasteiger partial charge on any atom is -0.288 e. The van der Waals surface area contributed by atoms with Crippen LogP contribution in [0.1, 0.15) is 27.0 Å². The van der Waals surface area contributed by atoms with Crippen LogP contribution in [0.25, 0.3) is 0 Å². The molecule has 0 aliphatic carbocycles. The van der Waals surface area contributed by atoms with E-state index in [1.54, 1.807) is 0 Å². The molecule has 0 aliphatic rings. The summed E-state index contributed by atoms with van der Waals surface area (Å²) >= 11 is 21.1. The van der Waals surface area contributed by atoms with Crippen molar-refractivity contribution in [1.29, 1.82) is 0 Å². The lowest BCUT2D eigenvalue weighted by Crippen LogP contribution is -2.08. The molecule has 0 spiro atoms. The van der Waals surface area contributed by atoms with E-state index >= 15 is 0 Å². The first-order chi connectivity index (χ1) is 10.2. The van der Waals surface area contributed by atoms with Gasteiger partial charge in [-0.25, -0.2) is 0 Å². The van der Waals surface area contributed by atoms with E-state index in [1.807, 2.05) is 26.0 Å². The van der Waals surface area contributed by atoms with Crippen LogP contribution in [0.15, 0.2) is 39.0 Å². The largest absolute Gasteiger partial charge is 0.288 e. The summed E-state index contributed by atoms with van der Waals surface area (Å²) in [7, 11) is 0. The van der Waals surface area contributed by atoms with Crippen LogP contribution in [0.5, 0.6) is 0 Å². The Balaban J connectivity index is 2.80. The molecule has 0 bridgehead atoms. The zero-order valence-corrected chi connectivity index (χ0v) is 20.8. The topological polar surface area (TPSA) is 17.1 Å². The van der Waals surface area contributed by atoms with Crippen molar-refractivity contribution in [3.8, 4) is 0 Å². The Bertz CT molecular complexity index is 680. The Labute approximate surface area is 179 Å². The van der Waals surface area contributed by atoms with Crippen LogP contribution in [0.3, 0.4) is 0 Å². The standard InChI is InChI=1S/C15H8Br6O/c1-5-3-7(16)13(20)9(11(5)18)15(22)10-12(19)6(2)4-8(17)14(10)21/h3-4H,1-2H3. The van der Waals surface area contributed by atoms with Crippen LogP contribution in [0.4, 0.5) is 0 Å². The van der Waals surface area contributed by atoms with Crippen molar-refractivity contribution in [2.45, 2.75) is 13.8 Å². The first kappa shape index (κ1) is 19.3. The van der Waals surface area contributed by atoms with Crippen molar-refractivity contribution in [2.24, 2.45) is 0 Å². The molecule has 0 amide bonds. The third kappa shape index (κ3) is 3.49. The van der Waals surface area contributed by atoms with Crippen LogP contribution in [-0.4, -0.2) is 5.78 Å². The van der Waals surface area contributed by atoms with Crippen molar-refractivity contribution >= 4 is 101 Å². The summed E-state index contributed by atoms with van der Waals surface area (Å²) in [5.74, 6) is -0.0775. The van der Waals surface area contributed by atoms with Gasteiger partial charge in [-0.2, -0.15) is 0 Å². The monoisotopic (exact) mass is 678 g/mol. The predicted molar refractivity (Wildman–Crippen MR) is 112 cm³/mol. The van der Waals surface area contributed by atoms with Crippen molar-refractivity contribution in [3.63, 3.8) is 0 Å². The number of rotatable bonds is 2. The maximum Gasteiger partial charge on any atom is 0.197 e. The van der Waals surface area contributed by atoms with E-state index < -0.39 is 0 Å². The van der Waals surface area contributed by atoms with Crippen LogP contribution in [0, 0.1) is 13.8 Å². The van der Waals surface area contributed by atoms with E-state index in [2.05, 4.69) is 95.6 Å². The van der Waals surface area contributed by atoms with Gasteiger partial charge in [0.2, 0.25) is 0 Å². The predicted octanol–water partition coefficient (Wildman–Crippen LogP) is 8.11. The second-order valence-corrected chi connectivity index (χ2v) is 9.57. The molecule has 22 heavy (non-hydrogen) atoms. The fourth-order valence-electron chi connectivity index (χ4n) is 1.98. The molecule has 2 aromatic carbocycles. The number of carbonyl (C=O) groups is 1. The molecule has 0 radical (unpaired) electrons. The van der Waals surface area contributed by atoms with Gasteiger partial charge in [-0.05, 0) is 133 Å². The Hall–Kier alpha value is 0.990. The van der Waals surface area contributed by atoms with Gasteiger partial charge in [-0.3, -0.25) is 4.79 Å². The summed E-state index contributed by atoms with van der Waals surface area (Å²) in [5.41, 5.74) is 3.14. The van der Waals surface area contributed by atoms with Crippen LogP contribution < -0.4 is 0 Å². The quantitative estimate of drug-likeness (QED) is 0.231. The normalized spacial score (nSPS) is 10.9. The van der Waals surface area contributed by atoms with Crippen LogP contribution >= 0.6 is 95.6 Å². The Morgan fingerprint density at radius 2 is 1.00 bits per heavy atom. The van der Waals surface area contributed by atoms with Crippen molar-refractivity contribution in [2.75, 3.05) is 0 Å². The van der Waals surface area contributed by atoms with E-state index in [0.29, 0.717) is 11.1 Å². The lowest BCUT2D eigenvalue weighted by Gasteiger charge is -2.15. The number of carbonyl (C=O) groups excluding carboxylic acids is 1. The maximum atomic E-state index is 13.2. The Morgan fingerprint density at radius 1 is 0.682 bits per heavy atom. The van der Waals surface area contributed by atoms with Gasteiger partial charge in [-0.15, -0.1) is 0 Å². The third-order valence-corrected chi connectivity index (χ3v) is 9.14. The third-order valence-electron chi connectivity index (χ3n) is 3.13. The zero-order valence-electron chi connectivity index (χ0n) is 11.3. The SMILES string of the molecule is Cc1cc(Br)c(Br)c(C(=O)c2c(Br)c(C)cc(Br)c2Br)c1Br. The van der Waals surface area contributed by atoms with Gasteiger partial charge < -0.3 is 0 Å². The summed E-state index contributed by atoms with van der Waals surface area (Å²) in [6.45, 7) is 3.91. The zero-order chi connectivity index (χ0) is 16.8. The van der Waals surface area contributed by atoms with Gasteiger partial charge in [-0.1, -0.05) is 0 Å². The minimum atomic E-state index is -0.0775. The molecular weight excluding hydrogens is 676 g/mol. The fraction of sp³-hybridized carbons (Fsp3) is 0.133. The average molecular weight is 684 g/mol. The van der Waals surface area contributed by atoms with Crippen molar-refractivity contribution in [1.82, 2.24) is 0 Å². The van der Waals surface area contributed by atoms with E-state index in [-0.39, 0.29) is 5.78 Å². The highest BCUT2D eigenvalue weighted by molar-refractivity contribution is 9.13. The molecule has 2 rings (SSSR count). The average Bonchev–Trinajstić information content (AvgIpc) is 2.44. The van der Waals surface area contributed by atoms with Gasteiger partial charge in [0.05, 0.1) is 11.1 Å². The highest BCUT2D eigenvalue weighted by atomic mass is 79.9. The summed E-state index contributed by atoms with van der Waals surface area (Å²) in [5, 5.41) is 0. The van der Waals surface area contributed by atoms with E-state index in [4.69, 9.17) is 0 Å². The first-order valence-electron chi connectivity index (χ1n) is 5.99. The van der Waals surface area contributed by atoms with Gasteiger partial charge in [0, 0.05) is 26.8 Å². The molecule has 0 N–H and O–H groups in total. The van der Waals surface area contributed by atoms with Gasteiger partial charge >= 0.3 is 0 Å². The molecule has 0 aliphatic heterocycles. The molecule has 0 saturated heterocycles. The second kappa shape index (κ2) is 7.48. The first-order valence-corrected chi connectivity index (χ1v) is 10.8. The summed E-state index contributed by atoms with van der Waals surface area (Å²) in [6, 6.07) is 3.92. The summed E-state index contributed by atoms with van der Waals surface area (Å²) < 4.78 is 4.71. The number of benzene rings is 2. The van der Waals surface area contributed by atoms with Gasteiger partial charge in [0.15, 0.2) is 5.78 Å². The molecule has 0 heterocycles. The van der Waals surface area contributed by atoms with E-state index in [0.717, 1.165) is 38.0 Å². The number of hydrogen-bond acceptors (Lipinski definition) is 1. The molecule has 0 aromatic heterocycles. The Kier molecular flexibility index (Phi) is 6.57. The lowest BCUT2D eigenvalue weighted by molar-refractivity contribution is 0.103. The van der Waals surface area contributed by atoms with Crippen LogP contribution in [0.2, 0.25) is 0 Å². The maximum absolute atomic E-state index is 13.2. The highest BCUT2D eigenvalue weighted by Crippen LogP contribution is 2.41. The van der Waals surface area contributed by atoms with Gasteiger partial charge in [0.25, 0.3) is 0 Å². The van der Waals surface area contributed by atoms with E-state index in [1.165, 1.54) is 0 Å². The van der Waals surface area contributed by atoms with Crippen molar-refractivity contribution < 1.29 is 4.79 Å². The van der Waals surface area contributed by atoms with Crippen molar-refractivity contribution in [3.05, 3.63) is 61.2 Å². The fourth-order valence-corrected chi connectivity index (χ4v) is 5.57. The minimum absolute atomic E-state index is 0.0775. The molecule has 0 fully saturated rings. The number of ketones is 1. The van der Waals surface area contributed by atoms with Gasteiger partial charge in [0.1, 0.15) is 0 Å². The molecule has 0 saturated carbocycles. The summed E-state index contributed by atoms with van der Waals surface area (Å²) in [6.07, 6.45) is 0. The number of aryl methyl sites for hydroxylation is 2. The lowest BCUT2D eigenvalue weighted by atomic mass is 10.00. The molecule has 7 heteroatoms. The number of hydrogen-bond donors (Lipinski definition) is 0. The smallest absolute Gasteiger partial charge is 0.197 e. The van der Waals surface area contributed by atoms with E-state index in [9.17, 15) is 4.79 Å². The molecule has 116 valence electrons. The molecule has 1 nitrogen and oxygen atoms in total. The molecule has 2 aromatic rings. The number of halogens is 6. The second-order valence-electron chi connectivity index (χ2n) is 4.69. The van der Waals surface area contributed by atoms with Crippen LogP contribution in [-0.2, 0) is 0 Å². The summed E-state index contributed by atoms with van der Waals surface area (Å²) in [4.78, 5) is 13.2. The molecule has 0 unspecified atom stereocenters. The highest BCUT2D eigenvalue weighted by Gasteiger charge is 2.25.